The van der Waals surface area contributed by atoms with Gasteiger partial charge >= 0.3 is 0 Å². The van der Waals surface area contributed by atoms with Gasteiger partial charge in [-0.15, -0.1) is 0 Å². The summed E-state index contributed by atoms with van der Waals surface area (Å²) in [6.45, 7) is 0.0660. The van der Waals surface area contributed by atoms with Crippen LogP contribution in [0.25, 0.3) is 0 Å². The van der Waals surface area contributed by atoms with Crippen molar-refractivity contribution in [3.8, 4) is 0 Å². The summed E-state index contributed by atoms with van der Waals surface area (Å²) in [5.41, 5.74) is 6.85. The number of hydrogen-bond acceptors (Lipinski definition) is 2. The van der Waals surface area contributed by atoms with Gasteiger partial charge in [-0.1, -0.05) is 28.1 Å². The molecule has 0 amide bonds. The number of aliphatic hydroxyl groups is 1. The highest BCUT2D eigenvalue weighted by Gasteiger charge is 2.00. The molecule has 0 aliphatic heterocycles. The molecule has 0 unspecified atom stereocenters. The first-order chi connectivity index (χ1) is 6.22. The average molecular weight is 244 g/mol. The largest absolute Gasteiger partial charge is 0.395 e. The maximum absolute atomic E-state index is 8.72. The van der Waals surface area contributed by atoms with Gasteiger partial charge in [0.15, 0.2) is 0 Å². The highest BCUT2D eigenvalue weighted by atomic mass is 79.9. The van der Waals surface area contributed by atoms with Crippen molar-refractivity contribution >= 4 is 15.9 Å². The van der Waals surface area contributed by atoms with Gasteiger partial charge < -0.3 is 10.8 Å². The van der Waals surface area contributed by atoms with Crippen molar-refractivity contribution < 1.29 is 5.11 Å². The monoisotopic (exact) mass is 243 g/mol. The fourth-order valence-corrected chi connectivity index (χ4v) is 1.36. The van der Waals surface area contributed by atoms with E-state index >= 15 is 0 Å². The number of benzene rings is 1. The lowest BCUT2D eigenvalue weighted by Crippen LogP contribution is -2.24. The van der Waals surface area contributed by atoms with E-state index in [1.807, 2.05) is 12.1 Å². The van der Waals surface area contributed by atoms with Gasteiger partial charge in [0, 0.05) is 10.5 Å². The normalized spacial score (nSPS) is 12.8. The van der Waals surface area contributed by atoms with Crippen LogP contribution in [0.1, 0.15) is 12.0 Å². The molecule has 0 bridgehead atoms. The molecular formula is C10H14BrNO. The van der Waals surface area contributed by atoms with Gasteiger partial charge in [-0.05, 0) is 30.5 Å². The van der Waals surface area contributed by atoms with E-state index < -0.39 is 0 Å². The van der Waals surface area contributed by atoms with Crippen LogP contribution >= 0.6 is 15.9 Å². The zero-order valence-electron chi connectivity index (χ0n) is 7.41. The Morgan fingerprint density at radius 2 is 1.92 bits per heavy atom. The van der Waals surface area contributed by atoms with Crippen LogP contribution in [0, 0.1) is 0 Å². The summed E-state index contributed by atoms with van der Waals surface area (Å²) in [5.74, 6) is 0. The van der Waals surface area contributed by atoms with Crippen molar-refractivity contribution in [2.24, 2.45) is 5.73 Å². The molecule has 3 heteroatoms. The molecule has 13 heavy (non-hydrogen) atoms. The van der Waals surface area contributed by atoms with Gasteiger partial charge in [-0.25, -0.2) is 0 Å². The van der Waals surface area contributed by atoms with Crippen LogP contribution in [-0.2, 0) is 6.42 Å². The maximum Gasteiger partial charge on any atom is 0.0582 e. The molecule has 1 rings (SSSR count). The van der Waals surface area contributed by atoms with Crippen molar-refractivity contribution in [3.05, 3.63) is 34.3 Å². The van der Waals surface area contributed by atoms with E-state index in [1.165, 1.54) is 5.56 Å². The predicted octanol–water partition coefficient (Wildman–Crippen LogP) is 1.70. The Morgan fingerprint density at radius 1 is 1.31 bits per heavy atom. The summed E-state index contributed by atoms with van der Waals surface area (Å²) in [7, 11) is 0. The predicted molar refractivity (Wildman–Crippen MR) is 57.5 cm³/mol. The molecule has 1 atom stereocenters. The van der Waals surface area contributed by atoms with E-state index in [-0.39, 0.29) is 12.6 Å². The smallest absolute Gasteiger partial charge is 0.0582 e. The van der Waals surface area contributed by atoms with E-state index in [2.05, 4.69) is 28.1 Å². The Bertz CT molecular complexity index is 248. The second-order valence-corrected chi connectivity index (χ2v) is 4.02. The standard InChI is InChI=1S/C10H14BrNO/c11-9-4-1-8(2-5-9)3-6-10(12)7-13/h1-2,4-5,10,13H,3,6-7,12H2/t10-/m0/s1. The van der Waals surface area contributed by atoms with E-state index in [0.717, 1.165) is 17.3 Å². The third-order valence-corrected chi connectivity index (χ3v) is 2.48. The Labute approximate surface area is 86.9 Å². The van der Waals surface area contributed by atoms with Crippen LogP contribution in [0.5, 0.6) is 0 Å². The van der Waals surface area contributed by atoms with Crippen LogP contribution in [0.4, 0.5) is 0 Å². The van der Waals surface area contributed by atoms with Crippen LogP contribution < -0.4 is 5.73 Å². The molecule has 0 aromatic heterocycles. The summed E-state index contributed by atoms with van der Waals surface area (Å²) in [5, 5.41) is 8.72. The summed E-state index contributed by atoms with van der Waals surface area (Å²) >= 11 is 3.37. The molecule has 0 fully saturated rings. The van der Waals surface area contributed by atoms with Crippen molar-refractivity contribution in [2.45, 2.75) is 18.9 Å². The van der Waals surface area contributed by atoms with Crippen LogP contribution in [-0.4, -0.2) is 17.8 Å². The lowest BCUT2D eigenvalue weighted by Gasteiger charge is -2.07. The summed E-state index contributed by atoms with van der Waals surface area (Å²) in [6.07, 6.45) is 1.76. The molecule has 0 radical (unpaired) electrons. The summed E-state index contributed by atoms with van der Waals surface area (Å²) in [4.78, 5) is 0. The summed E-state index contributed by atoms with van der Waals surface area (Å²) < 4.78 is 1.09. The fourth-order valence-electron chi connectivity index (χ4n) is 1.09. The van der Waals surface area contributed by atoms with Crippen LogP contribution in [0.3, 0.4) is 0 Å². The Hall–Kier alpha value is -0.380. The molecule has 0 saturated carbocycles. The van der Waals surface area contributed by atoms with Crippen molar-refractivity contribution in [1.82, 2.24) is 0 Å². The number of aliphatic hydroxyl groups excluding tert-OH is 1. The molecule has 72 valence electrons. The lowest BCUT2D eigenvalue weighted by atomic mass is 10.1. The molecule has 0 saturated heterocycles. The lowest BCUT2D eigenvalue weighted by molar-refractivity contribution is 0.260. The molecule has 0 heterocycles. The minimum absolute atomic E-state index is 0.0660. The van der Waals surface area contributed by atoms with Crippen LogP contribution in [0.15, 0.2) is 28.7 Å². The van der Waals surface area contributed by atoms with Crippen molar-refractivity contribution in [1.29, 1.82) is 0 Å². The Kier molecular flexibility index (Phi) is 4.42. The molecule has 2 nitrogen and oxygen atoms in total. The van der Waals surface area contributed by atoms with E-state index in [0.29, 0.717) is 0 Å². The number of aryl methyl sites for hydroxylation is 1. The molecule has 0 spiro atoms. The minimum atomic E-state index is -0.0938. The second kappa shape index (κ2) is 5.37. The number of rotatable bonds is 4. The first-order valence-electron chi connectivity index (χ1n) is 4.33. The average Bonchev–Trinajstić information content (AvgIpc) is 2.16. The topological polar surface area (TPSA) is 46.2 Å². The third-order valence-electron chi connectivity index (χ3n) is 1.95. The van der Waals surface area contributed by atoms with E-state index in [1.54, 1.807) is 0 Å². The fraction of sp³-hybridized carbons (Fsp3) is 0.400. The molecule has 0 aliphatic rings. The highest BCUT2D eigenvalue weighted by Crippen LogP contribution is 2.12. The number of halogens is 1. The quantitative estimate of drug-likeness (QED) is 0.846. The Morgan fingerprint density at radius 3 is 2.46 bits per heavy atom. The first-order valence-corrected chi connectivity index (χ1v) is 5.12. The molecular weight excluding hydrogens is 230 g/mol. The zero-order valence-corrected chi connectivity index (χ0v) is 9.00. The first kappa shape index (κ1) is 10.7. The summed E-state index contributed by atoms with van der Waals surface area (Å²) in [6, 6.07) is 8.06. The SMILES string of the molecule is N[C@H](CO)CCc1ccc(Br)cc1. The Balaban J connectivity index is 2.41. The van der Waals surface area contributed by atoms with Crippen molar-refractivity contribution in [3.63, 3.8) is 0 Å². The van der Waals surface area contributed by atoms with Gasteiger partial charge in [0.25, 0.3) is 0 Å². The van der Waals surface area contributed by atoms with Gasteiger partial charge in [0.2, 0.25) is 0 Å². The zero-order chi connectivity index (χ0) is 9.68. The van der Waals surface area contributed by atoms with Crippen LogP contribution in [0.2, 0.25) is 0 Å². The minimum Gasteiger partial charge on any atom is -0.395 e. The van der Waals surface area contributed by atoms with Gasteiger partial charge in [-0.3, -0.25) is 0 Å². The third kappa shape index (κ3) is 3.89. The second-order valence-electron chi connectivity index (χ2n) is 3.11. The van der Waals surface area contributed by atoms with E-state index in [9.17, 15) is 0 Å². The molecule has 3 N–H and O–H groups in total. The molecule has 1 aromatic rings. The maximum atomic E-state index is 8.72. The van der Waals surface area contributed by atoms with E-state index in [4.69, 9.17) is 10.8 Å². The van der Waals surface area contributed by atoms with Gasteiger partial charge in [0.1, 0.15) is 0 Å². The van der Waals surface area contributed by atoms with Gasteiger partial charge in [-0.2, -0.15) is 0 Å². The van der Waals surface area contributed by atoms with Crippen molar-refractivity contribution in [2.75, 3.05) is 6.61 Å². The number of hydrogen-bond donors (Lipinski definition) is 2. The molecule has 1 aromatic carbocycles. The number of nitrogens with two attached hydrogens (primary N) is 1. The molecule has 0 aliphatic carbocycles. The highest BCUT2D eigenvalue weighted by molar-refractivity contribution is 9.10. The van der Waals surface area contributed by atoms with Gasteiger partial charge in [0.05, 0.1) is 6.61 Å².